The zero-order valence-corrected chi connectivity index (χ0v) is 19.3. The van der Waals surface area contributed by atoms with Gasteiger partial charge in [0.25, 0.3) is 0 Å². The fourth-order valence-corrected chi connectivity index (χ4v) is 4.21. The summed E-state index contributed by atoms with van der Waals surface area (Å²) in [6.07, 6.45) is -4.88. The molecule has 12 heteroatoms. The Morgan fingerprint density at radius 3 is 1.94 bits per heavy atom. The number of benzene rings is 1. The van der Waals surface area contributed by atoms with Gasteiger partial charge in [-0.3, -0.25) is 19.2 Å². The summed E-state index contributed by atoms with van der Waals surface area (Å²) in [6, 6.07) is 8.61. The van der Waals surface area contributed by atoms with Crippen molar-refractivity contribution in [2.24, 2.45) is 5.16 Å². The van der Waals surface area contributed by atoms with Crippen molar-refractivity contribution in [3.05, 3.63) is 35.9 Å². The molecule has 2 rings (SSSR count). The van der Waals surface area contributed by atoms with E-state index < -0.39 is 53.7 Å². The van der Waals surface area contributed by atoms with E-state index in [1.165, 1.54) is 6.92 Å². The van der Waals surface area contributed by atoms with E-state index in [4.69, 9.17) is 23.7 Å². The molecular formula is C21H25NO10S. The Morgan fingerprint density at radius 2 is 1.42 bits per heavy atom. The van der Waals surface area contributed by atoms with Gasteiger partial charge in [-0.05, 0) is 0 Å². The highest BCUT2D eigenvalue weighted by Gasteiger charge is 2.52. The second-order valence-corrected chi connectivity index (χ2v) is 8.04. The first-order chi connectivity index (χ1) is 15.6. The minimum Gasteiger partial charge on any atom is -0.463 e. The van der Waals surface area contributed by atoms with Gasteiger partial charge >= 0.3 is 23.9 Å². The SMILES string of the molecule is CC(=O)OC[C@H]1O[C@@H](S/C(=N\O)c2ccccc2)[C@H](OC(C)=O)[C@@H](OC(C)=O)[C@@H]1OC(C)=O. The third-order valence-corrected chi connectivity index (χ3v) is 5.44. The summed E-state index contributed by atoms with van der Waals surface area (Å²) < 4.78 is 27.1. The number of hydrogen-bond acceptors (Lipinski definition) is 12. The summed E-state index contributed by atoms with van der Waals surface area (Å²) in [5, 5.41) is 13.0. The highest BCUT2D eigenvalue weighted by atomic mass is 32.2. The minimum atomic E-state index is -1.29. The maximum Gasteiger partial charge on any atom is 0.303 e. The van der Waals surface area contributed by atoms with Crippen LogP contribution < -0.4 is 0 Å². The van der Waals surface area contributed by atoms with Crippen LogP contribution in [0.25, 0.3) is 0 Å². The number of hydrogen-bond donors (Lipinski definition) is 1. The van der Waals surface area contributed by atoms with E-state index in [0.717, 1.165) is 32.5 Å². The maximum absolute atomic E-state index is 11.9. The van der Waals surface area contributed by atoms with Crippen LogP contribution in [0, 0.1) is 0 Å². The summed E-state index contributed by atoms with van der Waals surface area (Å²) in [4.78, 5) is 46.8. The topological polar surface area (TPSA) is 147 Å². The number of thioether (sulfide) groups is 1. The molecule has 1 N–H and O–H groups in total. The summed E-state index contributed by atoms with van der Waals surface area (Å²) in [5.41, 5.74) is -0.547. The zero-order chi connectivity index (χ0) is 24.5. The molecule has 0 aliphatic carbocycles. The van der Waals surface area contributed by atoms with Crippen LogP contribution in [0.5, 0.6) is 0 Å². The van der Waals surface area contributed by atoms with E-state index in [1.807, 2.05) is 0 Å². The largest absolute Gasteiger partial charge is 0.463 e. The Balaban J connectivity index is 2.47. The minimum absolute atomic E-state index is 0.122. The van der Waals surface area contributed by atoms with E-state index in [2.05, 4.69) is 5.16 Å². The molecule has 0 saturated carbocycles. The Bertz CT molecular complexity index is 890. The lowest BCUT2D eigenvalue weighted by atomic mass is 9.99. The Labute approximate surface area is 194 Å². The Morgan fingerprint density at radius 1 is 0.879 bits per heavy atom. The van der Waals surface area contributed by atoms with E-state index in [1.54, 1.807) is 30.3 Å². The summed E-state index contributed by atoms with van der Waals surface area (Å²) >= 11 is 0.887. The first kappa shape index (κ1) is 26.1. The number of carbonyl (C=O) groups is 4. The predicted molar refractivity (Wildman–Crippen MR) is 114 cm³/mol. The highest BCUT2D eigenvalue weighted by molar-refractivity contribution is 8.14. The predicted octanol–water partition coefficient (Wildman–Crippen LogP) is 1.64. The van der Waals surface area contributed by atoms with Crippen molar-refractivity contribution in [1.82, 2.24) is 0 Å². The van der Waals surface area contributed by atoms with Crippen LogP contribution in [0.4, 0.5) is 0 Å². The standard InChI is InChI=1S/C21H25NO10S/c1-11(23)28-10-16-17(29-12(2)24)18(30-13(3)25)19(31-14(4)26)21(32-16)33-20(22-27)15-8-6-5-7-9-15/h5-9,16-19,21,27H,10H2,1-4H3/b22-20-/t16-,17-,18+,19-,21+/m1/s1. The van der Waals surface area contributed by atoms with E-state index >= 15 is 0 Å². The average molecular weight is 483 g/mol. The molecule has 1 aromatic carbocycles. The molecule has 1 aromatic rings. The quantitative estimate of drug-likeness (QED) is 0.151. The molecule has 1 fully saturated rings. The lowest BCUT2D eigenvalue weighted by Crippen LogP contribution is -2.61. The Hall–Kier alpha value is -3.12. The molecule has 5 atom stereocenters. The molecular weight excluding hydrogens is 458 g/mol. The molecule has 0 unspecified atom stereocenters. The third-order valence-electron chi connectivity index (χ3n) is 4.29. The molecule has 0 amide bonds. The van der Waals surface area contributed by atoms with Gasteiger partial charge in [-0.2, -0.15) is 0 Å². The van der Waals surface area contributed by atoms with Crippen LogP contribution in [0.3, 0.4) is 0 Å². The fraction of sp³-hybridized carbons (Fsp3) is 0.476. The number of ether oxygens (including phenoxy) is 5. The molecule has 0 radical (unpaired) electrons. The number of rotatable bonds is 7. The van der Waals surface area contributed by atoms with Crippen LogP contribution in [0.15, 0.2) is 35.5 Å². The van der Waals surface area contributed by atoms with Crippen molar-refractivity contribution >= 4 is 40.7 Å². The number of esters is 4. The second-order valence-electron chi connectivity index (χ2n) is 6.96. The van der Waals surface area contributed by atoms with Crippen LogP contribution in [0.2, 0.25) is 0 Å². The molecule has 180 valence electrons. The van der Waals surface area contributed by atoms with Crippen molar-refractivity contribution in [3.63, 3.8) is 0 Å². The molecule has 33 heavy (non-hydrogen) atoms. The number of carbonyl (C=O) groups excluding carboxylic acids is 4. The molecule has 0 spiro atoms. The van der Waals surface area contributed by atoms with Gasteiger partial charge in [0, 0.05) is 33.3 Å². The highest BCUT2D eigenvalue weighted by Crippen LogP contribution is 2.36. The number of oxime groups is 1. The van der Waals surface area contributed by atoms with Gasteiger partial charge in [0.15, 0.2) is 23.7 Å². The third kappa shape index (κ3) is 7.75. The molecule has 0 aromatic heterocycles. The zero-order valence-electron chi connectivity index (χ0n) is 18.5. The molecule has 11 nitrogen and oxygen atoms in total. The maximum atomic E-state index is 11.9. The first-order valence-electron chi connectivity index (χ1n) is 9.87. The molecule has 1 saturated heterocycles. The first-order valence-corrected chi connectivity index (χ1v) is 10.7. The van der Waals surface area contributed by atoms with E-state index in [0.29, 0.717) is 5.56 Å². The van der Waals surface area contributed by atoms with Crippen LogP contribution >= 0.6 is 11.8 Å². The number of nitrogens with zero attached hydrogens (tertiary/aromatic N) is 1. The molecule has 1 aliphatic rings. The molecule has 1 aliphatic heterocycles. The van der Waals surface area contributed by atoms with E-state index in [9.17, 15) is 24.4 Å². The van der Waals surface area contributed by atoms with Gasteiger partial charge in [0.2, 0.25) is 0 Å². The fourth-order valence-electron chi connectivity index (χ4n) is 3.12. The van der Waals surface area contributed by atoms with Gasteiger partial charge in [0.1, 0.15) is 17.8 Å². The molecule has 0 bridgehead atoms. The smallest absolute Gasteiger partial charge is 0.303 e. The second kappa shape index (κ2) is 12.2. The summed E-state index contributed by atoms with van der Waals surface area (Å²) in [6.45, 7) is 4.27. The average Bonchev–Trinajstić information content (AvgIpc) is 2.74. The molecule has 1 heterocycles. The van der Waals surface area contributed by atoms with Gasteiger partial charge in [-0.25, -0.2) is 0 Å². The van der Waals surface area contributed by atoms with Crippen LogP contribution in [-0.2, 0) is 42.9 Å². The van der Waals surface area contributed by atoms with Crippen LogP contribution in [-0.4, -0.2) is 70.6 Å². The van der Waals surface area contributed by atoms with Crippen molar-refractivity contribution in [2.45, 2.75) is 57.5 Å². The van der Waals surface area contributed by atoms with Gasteiger partial charge in [0.05, 0.1) is 0 Å². The van der Waals surface area contributed by atoms with E-state index in [-0.39, 0.29) is 11.7 Å². The van der Waals surface area contributed by atoms with Crippen molar-refractivity contribution in [3.8, 4) is 0 Å². The van der Waals surface area contributed by atoms with Gasteiger partial charge < -0.3 is 28.9 Å². The normalized spacial score (nSPS) is 25.0. The monoisotopic (exact) mass is 483 g/mol. The summed E-state index contributed by atoms with van der Waals surface area (Å²) in [7, 11) is 0. The lowest BCUT2D eigenvalue weighted by molar-refractivity contribution is -0.237. The van der Waals surface area contributed by atoms with Gasteiger partial charge in [-0.1, -0.05) is 47.2 Å². The Kier molecular flexibility index (Phi) is 9.67. The van der Waals surface area contributed by atoms with Crippen molar-refractivity contribution in [1.29, 1.82) is 0 Å². The van der Waals surface area contributed by atoms with Crippen molar-refractivity contribution in [2.75, 3.05) is 6.61 Å². The van der Waals surface area contributed by atoms with Crippen LogP contribution in [0.1, 0.15) is 33.3 Å². The van der Waals surface area contributed by atoms with Gasteiger partial charge in [-0.15, -0.1) is 0 Å². The van der Waals surface area contributed by atoms with Crippen molar-refractivity contribution < 1.29 is 48.1 Å². The summed E-state index contributed by atoms with van der Waals surface area (Å²) in [5.74, 6) is -2.78. The lowest BCUT2D eigenvalue weighted by Gasteiger charge is -2.44.